The molecule has 1 saturated heterocycles. The molecule has 0 unspecified atom stereocenters. The highest BCUT2D eigenvalue weighted by Gasteiger charge is 2.42. The summed E-state index contributed by atoms with van der Waals surface area (Å²) in [6.07, 6.45) is 5.68. The number of anilines is 1. The van der Waals surface area contributed by atoms with Crippen LogP contribution in [0.15, 0.2) is 18.2 Å². The second-order valence-electron chi connectivity index (χ2n) is 8.05. The van der Waals surface area contributed by atoms with Crippen molar-refractivity contribution in [3.63, 3.8) is 0 Å². The molecule has 6 heteroatoms. The van der Waals surface area contributed by atoms with Gasteiger partial charge < -0.3 is 19.7 Å². The summed E-state index contributed by atoms with van der Waals surface area (Å²) in [7, 11) is 0. The maximum atomic E-state index is 12.6. The van der Waals surface area contributed by atoms with Crippen LogP contribution < -0.4 is 14.8 Å². The summed E-state index contributed by atoms with van der Waals surface area (Å²) >= 11 is 0. The normalized spacial score (nSPS) is 30.5. The Morgan fingerprint density at radius 1 is 1.00 bits per heavy atom. The average molecular weight is 357 g/mol. The average Bonchev–Trinajstić information content (AvgIpc) is 3.31. The predicted octanol–water partition coefficient (Wildman–Crippen LogP) is 2.80. The number of carbonyl (C=O) groups excluding carboxylic acids is 1. The molecule has 2 aliphatic carbocycles. The van der Waals surface area contributed by atoms with Crippen LogP contribution in [0.2, 0.25) is 0 Å². The van der Waals surface area contributed by atoms with Gasteiger partial charge in [0.05, 0.1) is 0 Å². The topological polar surface area (TPSA) is 54.0 Å². The molecule has 2 aliphatic heterocycles. The zero-order chi connectivity index (χ0) is 17.5. The molecule has 4 aliphatic rings. The summed E-state index contributed by atoms with van der Waals surface area (Å²) in [6.45, 7) is 4.75. The van der Waals surface area contributed by atoms with Crippen molar-refractivity contribution in [3.8, 4) is 11.5 Å². The number of hydrogen-bond donors (Lipinski definition) is 1. The molecule has 26 heavy (non-hydrogen) atoms. The number of fused-ring (bicyclic) bond motifs is 3. The van der Waals surface area contributed by atoms with E-state index >= 15 is 0 Å². The molecule has 0 radical (unpaired) electrons. The highest BCUT2D eigenvalue weighted by atomic mass is 16.6. The Morgan fingerprint density at radius 2 is 1.81 bits per heavy atom. The summed E-state index contributed by atoms with van der Waals surface area (Å²) in [5.41, 5.74) is 0.759. The zero-order valence-corrected chi connectivity index (χ0v) is 15.2. The lowest BCUT2D eigenvalue weighted by Gasteiger charge is -2.40. The quantitative estimate of drug-likeness (QED) is 0.884. The molecule has 1 N–H and O–H groups in total. The second kappa shape index (κ2) is 6.65. The van der Waals surface area contributed by atoms with E-state index in [4.69, 9.17) is 9.47 Å². The molecule has 1 aromatic rings. The lowest BCUT2D eigenvalue weighted by molar-refractivity contribution is 0.0860. The van der Waals surface area contributed by atoms with Gasteiger partial charge in [-0.1, -0.05) is 6.42 Å². The number of rotatable bonds is 2. The fraction of sp³-hybridized carbons (Fsp3) is 0.650. The van der Waals surface area contributed by atoms with Crippen molar-refractivity contribution in [2.45, 2.75) is 31.7 Å². The van der Waals surface area contributed by atoms with E-state index in [0.29, 0.717) is 19.0 Å². The number of nitrogens with zero attached hydrogens (tertiary/aromatic N) is 2. The van der Waals surface area contributed by atoms with Crippen molar-refractivity contribution in [2.75, 3.05) is 44.7 Å². The van der Waals surface area contributed by atoms with Crippen LogP contribution >= 0.6 is 0 Å². The van der Waals surface area contributed by atoms with Crippen molar-refractivity contribution in [1.29, 1.82) is 0 Å². The molecule has 1 aromatic carbocycles. The molecule has 140 valence electrons. The third kappa shape index (κ3) is 3.00. The Bertz CT molecular complexity index is 687. The number of benzene rings is 1. The van der Waals surface area contributed by atoms with Crippen molar-refractivity contribution in [1.82, 2.24) is 9.80 Å². The molecule has 3 atom stereocenters. The van der Waals surface area contributed by atoms with Crippen LogP contribution in [-0.4, -0.2) is 61.3 Å². The van der Waals surface area contributed by atoms with Gasteiger partial charge in [-0.15, -0.1) is 0 Å². The minimum Gasteiger partial charge on any atom is -0.486 e. The van der Waals surface area contributed by atoms with Gasteiger partial charge in [0.1, 0.15) is 13.2 Å². The molecular weight excluding hydrogens is 330 g/mol. The molecule has 2 bridgehead atoms. The monoisotopic (exact) mass is 357 g/mol. The summed E-state index contributed by atoms with van der Waals surface area (Å²) in [6, 6.07) is 6.33. The number of urea groups is 1. The van der Waals surface area contributed by atoms with Crippen molar-refractivity contribution >= 4 is 11.7 Å². The van der Waals surface area contributed by atoms with Crippen LogP contribution in [0.25, 0.3) is 0 Å². The lowest BCUT2D eigenvalue weighted by Crippen LogP contribution is -2.53. The largest absolute Gasteiger partial charge is 0.486 e. The summed E-state index contributed by atoms with van der Waals surface area (Å²) in [5, 5.41) is 3.01. The van der Waals surface area contributed by atoms with Gasteiger partial charge in [-0.05, 0) is 43.2 Å². The number of nitrogens with one attached hydrogen (secondary N) is 1. The first kappa shape index (κ1) is 16.2. The van der Waals surface area contributed by atoms with Gasteiger partial charge in [-0.2, -0.15) is 0 Å². The smallest absolute Gasteiger partial charge is 0.321 e. The van der Waals surface area contributed by atoms with Crippen LogP contribution in [0.5, 0.6) is 11.5 Å². The standard InChI is InChI=1S/C20H27N3O3/c24-20(21-16-3-4-18-19(13-16)26-10-9-25-18)23-7-5-22(6-8-23)17-12-14-1-2-15(17)11-14/h3-4,13-15,17H,1-2,5-12H2,(H,21,24)/t14-,15+,17-/m1/s1. The maximum absolute atomic E-state index is 12.6. The van der Waals surface area contributed by atoms with Gasteiger partial charge in [-0.3, -0.25) is 4.90 Å². The molecule has 2 amide bonds. The van der Waals surface area contributed by atoms with Crippen LogP contribution in [0.4, 0.5) is 10.5 Å². The van der Waals surface area contributed by atoms with E-state index in [1.165, 1.54) is 25.7 Å². The van der Waals surface area contributed by atoms with Crippen LogP contribution in [-0.2, 0) is 0 Å². The van der Waals surface area contributed by atoms with Gasteiger partial charge in [0.15, 0.2) is 11.5 Å². The first-order chi connectivity index (χ1) is 12.8. The molecule has 2 heterocycles. The minimum atomic E-state index is -0.0192. The number of ether oxygens (including phenoxy) is 2. The van der Waals surface area contributed by atoms with E-state index in [1.807, 2.05) is 23.1 Å². The van der Waals surface area contributed by atoms with Crippen LogP contribution in [0.3, 0.4) is 0 Å². The van der Waals surface area contributed by atoms with E-state index in [0.717, 1.165) is 55.5 Å². The Kier molecular flexibility index (Phi) is 4.15. The fourth-order valence-corrected chi connectivity index (χ4v) is 5.24. The van der Waals surface area contributed by atoms with Gasteiger partial charge in [-0.25, -0.2) is 4.79 Å². The summed E-state index contributed by atoms with van der Waals surface area (Å²) in [5.74, 6) is 3.34. The van der Waals surface area contributed by atoms with Crippen molar-refractivity contribution in [3.05, 3.63) is 18.2 Å². The summed E-state index contributed by atoms with van der Waals surface area (Å²) < 4.78 is 11.1. The molecule has 0 aromatic heterocycles. The SMILES string of the molecule is O=C(Nc1ccc2c(c1)OCCO2)N1CCN([C@@H]2C[C@@H]3CC[C@H]2C3)CC1. The molecule has 2 saturated carbocycles. The molecule has 5 rings (SSSR count). The second-order valence-corrected chi connectivity index (χ2v) is 8.05. The van der Waals surface area contributed by atoms with Crippen molar-refractivity contribution < 1.29 is 14.3 Å². The highest BCUT2D eigenvalue weighted by Crippen LogP contribution is 2.46. The van der Waals surface area contributed by atoms with Crippen LogP contribution in [0.1, 0.15) is 25.7 Å². The van der Waals surface area contributed by atoms with E-state index < -0.39 is 0 Å². The van der Waals surface area contributed by atoms with Gasteiger partial charge in [0.25, 0.3) is 0 Å². The Hall–Kier alpha value is -1.95. The predicted molar refractivity (Wildman–Crippen MR) is 98.8 cm³/mol. The number of hydrogen-bond acceptors (Lipinski definition) is 4. The number of piperazine rings is 1. The molecule has 0 spiro atoms. The lowest BCUT2D eigenvalue weighted by atomic mass is 9.93. The molecule has 6 nitrogen and oxygen atoms in total. The Balaban J connectivity index is 1.16. The third-order valence-electron chi connectivity index (χ3n) is 6.56. The van der Waals surface area contributed by atoms with E-state index in [-0.39, 0.29) is 6.03 Å². The first-order valence-electron chi connectivity index (χ1n) is 9.96. The van der Waals surface area contributed by atoms with Crippen molar-refractivity contribution in [2.24, 2.45) is 11.8 Å². The van der Waals surface area contributed by atoms with E-state index in [9.17, 15) is 4.79 Å². The fourth-order valence-electron chi connectivity index (χ4n) is 5.24. The maximum Gasteiger partial charge on any atom is 0.321 e. The third-order valence-corrected chi connectivity index (χ3v) is 6.56. The zero-order valence-electron chi connectivity index (χ0n) is 15.2. The minimum absolute atomic E-state index is 0.0192. The van der Waals surface area contributed by atoms with Crippen LogP contribution in [0, 0.1) is 11.8 Å². The molecular formula is C20H27N3O3. The van der Waals surface area contributed by atoms with Gasteiger partial charge >= 0.3 is 6.03 Å². The Morgan fingerprint density at radius 3 is 2.54 bits per heavy atom. The van der Waals surface area contributed by atoms with E-state index in [2.05, 4.69) is 10.2 Å². The first-order valence-corrected chi connectivity index (χ1v) is 9.96. The Labute approximate surface area is 154 Å². The number of carbonyl (C=O) groups is 1. The summed E-state index contributed by atoms with van der Waals surface area (Å²) in [4.78, 5) is 17.2. The van der Waals surface area contributed by atoms with Gasteiger partial charge in [0, 0.05) is 44.0 Å². The molecule has 3 fully saturated rings. The highest BCUT2D eigenvalue weighted by molar-refractivity contribution is 5.89. The van der Waals surface area contributed by atoms with Gasteiger partial charge in [0.2, 0.25) is 0 Å². The van der Waals surface area contributed by atoms with E-state index in [1.54, 1.807) is 0 Å². The number of amides is 2.